The number of carbonyl (C=O) groups excluding carboxylic acids is 1. The topological polar surface area (TPSA) is 71.0 Å². The summed E-state index contributed by atoms with van der Waals surface area (Å²) in [6, 6.07) is 17.9. The van der Waals surface area contributed by atoms with Gasteiger partial charge in [0.25, 0.3) is 5.91 Å². The SMILES string of the molecule is O=C(C1=C(c2ccc(OCCOc3c(Cl)cccc3Cl)cc2)CCNC1CO)N(Cc1cccc(Cl)c1Cl)C1CC1. The summed E-state index contributed by atoms with van der Waals surface area (Å²) in [5.74, 6) is 1.00. The molecule has 1 unspecified atom stereocenters. The van der Waals surface area contributed by atoms with E-state index >= 15 is 0 Å². The lowest BCUT2D eigenvalue weighted by Crippen LogP contribution is -2.46. The van der Waals surface area contributed by atoms with Crippen LogP contribution in [0, 0.1) is 0 Å². The maximum absolute atomic E-state index is 14.1. The molecule has 2 N–H and O–H groups in total. The van der Waals surface area contributed by atoms with E-state index in [0.717, 1.165) is 29.5 Å². The number of ether oxygens (including phenoxy) is 2. The van der Waals surface area contributed by atoms with Crippen LogP contribution in [0.3, 0.4) is 0 Å². The molecule has 216 valence electrons. The maximum Gasteiger partial charge on any atom is 0.252 e. The monoisotopic (exact) mass is 634 g/mol. The number of para-hydroxylation sites is 1. The smallest absolute Gasteiger partial charge is 0.252 e. The standard InChI is InChI=1S/C31H30Cl4N2O4/c32-24-4-1-3-20(29(24)35)17-37(21-9-10-21)31(39)28-23(13-14-36-27(28)18-38)19-7-11-22(12-8-19)40-15-16-41-30-25(33)5-2-6-26(30)34/h1-8,11-12,21,27,36,38H,9-10,13-18H2. The quantitative estimate of drug-likeness (QED) is 0.221. The molecule has 0 radical (unpaired) electrons. The number of hydrogen-bond acceptors (Lipinski definition) is 5. The highest BCUT2D eigenvalue weighted by Crippen LogP contribution is 2.37. The van der Waals surface area contributed by atoms with E-state index in [4.69, 9.17) is 55.9 Å². The van der Waals surface area contributed by atoms with Crippen LogP contribution in [0.5, 0.6) is 11.5 Å². The second-order valence-corrected chi connectivity index (χ2v) is 11.6. The van der Waals surface area contributed by atoms with Crippen molar-refractivity contribution in [3.8, 4) is 11.5 Å². The third-order valence-electron chi connectivity index (χ3n) is 7.19. The van der Waals surface area contributed by atoms with Crippen LogP contribution in [-0.2, 0) is 11.3 Å². The van der Waals surface area contributed by atoms with E-state index in [-0.39, 0.29) is 25.2 Å². The molecule has 10 heteroatoms. The largest absolute Gasteiger partial charge is 0.490 e. The summed E-state index contributed by atoms with van der Waals surface area (Å²) < 4.78 is 11.5. The Balaban J connectivity index is 1.32. The third kappa shape index (κ3) is 7.14. The Kier molecular flexibility index (Phi) is 10.0. The van der Waals surface area contributed by atoms with Crippen LogP contribution in [0.1, 0.15) is 30.4 Å². The van der Waals surface area contributed by atoms with Crippen LogP contribution >= 0.6 is 46.4 Å². The molecule has 1 atom stereocenters. The third-order valence-corrected chi connectivity index (χ3v) is 8.65. The van der Waals surface area contributed by atoms with Crippen molar-refractivity contribution in [1.29, 1.82) is 0 Å². The predicted octanol–water partition coefficient (Wildman–Crippen LogP) is 7.06. The van der Waals surface area contributed by atoms with Crippen molar-refractivity contribution >= 4 is 57.9 Å². The highest BCUT2D eigenvalue weighted by Gasteiger charge is 2.38. The van der Waals surface area contributed by atoms with Crippen molar-refractivity contribution in [3.05, 3.63) is 97.5 Å². The minimum atomic E-state index is -0.466. The van der Waals surface area contributed by atoms with Crippen LogP contribution in [0.2, 0.25) is 20.1 Å². The number of nitrogens with one attached hydrogen (secondary N) is 1. The van der Waals surface area contributed by atoms with E-state index in [1.807, 2.05) is 41.3 Å². The van der Waals surface area contributed by atoms with Gasteiger partial charge in [-0.05, 0) is 72.8 Å². The highest BCUT2D eigenvalue weighted by molar-refractivity contribution is 6.42. The second-order valence-electron chi connectivity index (χ2n) is 9.98. The molecular formula is C31H30Cl4N2O4. The summed E-state index contributed by atoms with van der Waals surface area (Å²) in [5.41, 5.74) is 3.21. The van der Waals surface area contributed by atoms with Crippen molar-refractivity contribution in [2.45, 2.75) is 37.9 Å². The number of benzene rings is 3. The van der Waals surface area contributed by atoms with Crippen LogP contribution in [-0.4, -0.2) is 54.4 Å². The zero-order valence-corrected chi connectivity index (χ0v) is 25.2. The molecule has 3 aromatic rings. The van der Waals surface area contributed by atoms with Gasteiger partial charge in [-0.25, -0.2) is 0 Å². The summed E-state index contributed by atoms with van der Waals surface area (Å²) >= 11 is 25.0. The molecule has 0 spiro atoms. The summed E-state index contributed by atoms with van der Waals surface area (Å²) in [6.45, 7) is 1.39. The Hall–Kier alpha value is -2.45. The lowest BCUT2D eigenvalue weighted by atomic mass is 9.88. The fourth-order valence-corrected chi connectivity index (χ4v) is 5.88. The van der Waals surface area contributed by atoms with E-state index in [0.29, 0.717) is 63.3 Å². The van der Waals surface area contributed by atoms with Crippen molar-refractivity contribution < 1.29 is 19.4 Å². The average Bonchev–Trinajstić information content (AvgIpc) is 3.82. The molecule has 41 heavy (non-hydrogen) atoms. The summed E-state index contributed by atoms with van der Waals surface area (Å²) in [4.78, 5) is 16.0. The number of carbonyl (C=O) groups is 1. The Morgan fingerprint density at radius 1 is 0.902 bits per heavy atom. The number of rotatable bonds is 11. The molecular weight excluding hydrogens is 606 g/mol. The van der Waals surface area contributed by atoms with Gasteiger partial charge in [0, 0.05) is 18.2 Å². The Labute approximate surface area is 259 Å². The van der Waals surface area contributed by atoms with E-state index in [9.17, 15) is 9.90 Å². The minimum absolute atomic E-state index is 0.0968. The fraction of sp³-hybridized carbons (Fsp3) is 0.323. The lowest BCUT2D eigenvalue weighted by Gasteiger charge is -2.33. The van der Waals surface area contributed by atoms with Crippen molar-refractivity contribution in [1.82, 2.24) is 10.2 Å². The molecule has 5 rings (SSSR count). The first-order chi connectivity index (χ1) is 19.9. The number of nitrogens with zero attached hydrogens (tertiary/aromatic N) is 1. The lowest BCUT2D eigenvalue weighted by molar-refractivity contribution is -0.128. The number of aliphatic hydroxyl groups excluding tert-OH is 1. The van der Waals surface area contributed by atoms with E-state index in [2.05, 4.69) is 5.32 Å². The normalized spacial score (nSPS) is 17.0. The molecule has 3 aromatic carbocycles. The first-order valence-electron chi connectivity index (χ1n) is 13.5. The molecule has 0 bridgehead atoms. The van der Waals surface area contributed by atoms with Gasteiger partial charge in [0.2, 0.25) is 0 Å². The molecule has 1 aliphatic carbocycles. The maximum atomic E-state index is 14.1. The molecule has 1 saturated carbocycles. The fourth-order valence-electron chi connectivity index (χ4n) is 4.99. The number of aliphatic hydroxyl groups is 1. The Morgan fingerprint density at radius 3 is 2.24 bits per heavy atom. The van der Waals surface area contributed by atoms with E-state index in [1.54, 1.807) is 24.3 Å². The van der Waals surface area contributed by atoms with Gasteiger partial charge >= 0.3 is 0 Å². The van der Waals surface area contributed by atoms with E-state index in [1.165, 1.54) is 0 Å². The Morgan fingerprint density at radius 2 is 1.56 bits per heavy atom. The van der Waals surface area contributed by atoms with Gasteiger partial charge in [-0.1, -0.05) is 76.7 Å². The van der Waals surface area contributed by atoms with Gasteiger partial charge < -0.3 is 24.8 Å². The average molecular weight is 636 g/mol. The highest BCUT2D eigenvalue weighted by atomic mass is 35.5. The summed E-state index contributed by atoms with van der Waals surface area (Å²) in [6.07, 6.45) is 2.52. The van der Waals surface area contributed by atoms with Gasteiger partial charge in [0.15, 0.2) is 5.75 Å². The van der Waals surface area contributed by atoms with E-state index < -0.39 is 6.04 Å². The van der Waals surface area contributed by atoms with Crippen LogP contribution in [0.25, 0.3) is 5.57 Å². The van der Waals surface area contributed by atoms with Crippen molar-refractivity contribution in [2.24, 2.45) is 0 Å². The molecule has 1 fully saturated rings. The van der Waals surface area contributed by atoms with Gasteiger partial charge in [0.05, 0.1) is 32.7 Å². The van der Waals surface area contributed by atoms with Crippen molar-refractivity contribution in [3.63, 3.8) is 0 Å². The number of amides is 1. The first-order valence-corrected chi connectivity index (χ1v) is 15.0. The molecule has 6 nitrogen and oxygen atoms in total. The van der Waals surface area contributed by atoms with Crippen LogP contribution in [0.15, 0.2) is 66.2 Å². The molecule has 2 aliphatic rings. The molecule has 0 saturated heterocycles. The number of hydrogen-bond donors (Lipinski definition) is 2. The molecule has 1 amide bonds. The molecule has 0 aromatic heterocycles. The second kappa shape index (κ2) is 13.7. The van der Waals surface area contributed by atoms with Gasteiger partial charge in [-0.15, -0.1) is 0 Å². The zero-order chi connectivity index (χ0) is 28.9. The summed E-state index contributed by atoms with van der Waals surface area (Å²) in [7, 11) is 0. The number of halogens is 4. The van der Waals surface area contributed by atoms with Gasteiger partial charge in [-0.3, -0.25) is 4.79 Å². The first kappa shape index (κ1) is 30.0. The Bertz CT molecular complexity index is 1410. The van der Waals surface area contributed by atoms with Crippen LogP contribution < -0.4 is 14.8 Å². The molecule has 1 aliphatic heterocycles. The summed E-state index contributed by atoms with van der Waals surface area (Å²) in [5, 5.41) is 15.3. The predicted molar refractivity (Wildman–Crippen MR) is 164 cm³/mol. The van der Waals surface area contributed by atoms with Gasteiger partial charge in [0.1, 0.15) is 19.0 Å². The molecule has 1 heterocycles. The van der Waals surface area contributed by atoms with Crippen molar-refractivity contribution in [2.75, 3.05) is 26.4 Å². The minimum Gasteiger partial charge on any atom is -0.490 e. The zero-order valence-electron chi connectivity index (χ0n) is 22.2. The van der Waals surface area contributed by atoms with Crippen LogP contribution in [0.4, 0.5) is 0 Å². The van der Waals surface area contributed by atoms with Gasteiger partial charge in [-0.2, -0.15) is 0 Å².